The molecule has 1 saturated heterocycles. The summed E-state index contributed by atoms with van der Waals surface area (Å²) in [5, 5.41) is 49.5. The van der Waals surface area contributed by atoms with E-state index in [1.54, 1.807) is 68.0 Å². The molecule has 8 aromatic carbocycles. The van der Waals surface area contributed by atoms with Crippen molar-refractivity contribution in [3.63, 3.8) is 0 Å². The molecule has 22 nitrogen and oxygen atoms in total. The first-order chi connectivity index (χ1) is 62.0. The first-order valence-electron chi connectivity index (χ1n) is 46.9. The minimum Gasteiger partial charge on any atom is -0.478 e. The van der Waals surface area contributed by atoms with Gasteiger partial charge in [0.15, 0.2) is 23.0 Å². The summed E-state index contributed by atoms with van der Waals surface area (Å²) in [7, 11) is 1.78. The van der Waals surface area contributed by atoms with Gasteiger partial charge in [-0.2, -0.15) is 0 Å². The van der Waals surface area contributed by atoms with Gasteiger partial charge in [-0.05, 0) is 186 Å². The van der Waals surface area contributed by atoms with Crippen LogP contribution in [0.15, 0.2) is 200 Å². The van der Waals surface area contributed by atoms with Crippen molar-refractivity contribution in [2.24, 2.45) is 0 Å². The number of carboxylic acid groups (broad SMARTS) is 4. The molecule has 3 fully saturated rings. The van der Waals surface area contributed by atoms with Gasteiger partial charge in [-0.25, -0.2) is 19.2 Å². The quantitative estimate of drug-likeness (QED) is 0.0187. The Morgan fingerprint density at radius 3 is 0.882 bits per heavy atom. The maximum Gasteiger partial charge on any atom is 0.335 e. The Labute approximate surface area is 756 Å². The molecule has 0 bridgehead atoms. The van der Waals surface area contributed by atoms with Crippen molar-refractivity contribution < 1.29 is 63.3 Å². The van der Waals surface area contributed by atoms with E-state index in [2.05, 4.69) is 101 Å². The normalized spacial score (nSPS) is 12.9. The standard InChI is InChI=1S/C27H38N2O3.C26H36N2O3.C25H34N2O4.C22H30N2O3.C5H5N/c1-3-5-17-29(18-6-4-2)25-20-21(27(30)31)19-24(28-22-13-9-7-10-14-22)26(25)32-23-15-11-8-12-16-23;1-3-5-16-28(17-6-4-2)24-19-20(26(29)30)18-23(27-21-12-10-11-13-21)25(24)31-22-14-8-7-9-15-22;1-3-5-12-26(13-6-4-2)22-18-20(25(28)29)19-23(27-14-16-30-17-15-27)24(22)31-21-10-8-7-9-11-21;1-4-6-13-24(14-7-5-2)20-16-17(22(25)26)15-19(23-3)21(20)27-18-11-9-8-10-12-18;1-2-4-6-5-3-1/h8,11-12,15-16,19-20,22,28H,3-7,9-10,13-14,17-18H2,1-2H3,(H,30,31);7-9,14-15,18-19,21,27H,3-6,10-13,16-17H2,1-2H3,(H,29,30);7-11,18-19H,3-6,12-17H2,1-2H3,(H,28,29);8-12,15-16,23H,4-7,13-14H2,1-3H3,(H,25,26);1-5H. The number of morpholine rings is 1. The van der Waals surface area contributed by atoms with Gasteiger partial charge < -0.3 is 84.6 Å². The molecule has 0 atom stereocenters. The summed E-state index contributed by atoms with van der Waals surface area (Å²) in [6, 6.07) is 59.2. The number of nitrogens with zero attached hydrogens (tertiary/aromatic N) is 6. The van der Waals surface area contributed by atoms with Crippen molar-refractivity contribution >= 4 is 69.4 Å². The second kappa shape index (κ2) is 57.1. The third-order valence-electron chi connectivity index (χ3n) is 22.6. The van der Waals surface area contributed by atoms with Crippen molar-refractivity contribution in [1.82, 2.24) is 4.98 Å². The number of anilines is 8. The molecular formula is C105H143N9O13. The van der Waals surface area contributed by atoms with Crippen molar-refractivity contribution in [3.8, 4) is 46.0 Å². The van der Waals surface area contributed by atoms with E-state index in [1.807, 2.05) is 140 Å². The van der Waals surface area contributed by atoms with E-state index in [1.165, 1.54) is 32.1 Å². The van der Waals surface area contributed by atoms with E-state index < -0.39 is 23.9 Å². The molecule has 2 saturated carbocycles. The largest absolute Gasteiger partial charge is 0.478 e. The number of nitrogens with one attached hydrogen (secondary N) is 3. The molecule has 0 spiro atoms. The fraction of sp³-hybridized carbons (Fsp3) is 0.457. The van der Waals surface area contributed by atoms with Gasteiger partial charge in [0.2, 0.25) is 0 Å². The summed E-state index contributed by atoms with van der Waals surface area (Å²) < 4.78 is 31.1. The van der Waals surface area contributed by atoms with Crippen LogP contribution < -0.4 is 59.4 Å². The van der Waals surface area contributed by atoms with Gasteiger partial charge in [0.05, 0.1) is 81.0 Å². The lowest BCUT2D eigenvalue weighted by molar-refractivity contribution is 0.0686. The zero-order valence-corrected chi connectivity index (χ0v) is 77.0. The van der Waals surface area contributed by atoms with Crippen LogP contribution in [-0.4, -0.2) is 147 Å². The van der Waals surface area contributed by atoms with Crippen molar-refractivity contribution in [1.29, 1.82) is 0 Å². The van der Waals surface area contributed by atoms with Crippen LogP contribution in [0, 0.1) is 0 Å². The molecule has 2 aliphatic carbocycles. The molecule has 1 aliphatic heterocycles. The number of carbonyl (C=O) groups is 4. The van der Waals surface area contributed by atoms with E-state index in [-0.39, 0.29) is 11.1 Å². The molecule has 7 N–H and O–H groups in total. The van der Waals surface area contributed by atoms with E-state index in [0.29, 0.717) is 61.0 Å². The van der Waals surface area contributed by atoms with Crippen LogP contribution in [0.5, 0.6) is 46.0 Å². The Hall–Kier alpha value is -11.7. The third kappa shape index (κ3) is 33.6. The highest BCUT2D eigenvalue weighted by Gasteiger charge is 2.30. The number of aromatic nitrogens is 1. The van der Waals surface area contributed by atoms with Crippen LogP contribution >= 0.6 is 0 Å². The van der Waals surface area contributed by atoms with E-state index in [4.69, 9.17) is 23.7 Å². The molecule has 3 aliphatic rings. The van der Waals surface area contributed by atoms with Crippen molar-refractivity contribution in [2.45, 2.75) is 228 Å². The van der Waals surface area contributed by atoms with Crippen LogP contribution in [0.3, 0.4) is 0 Å². The lowest BCUT2D eigenvalue weighted by atomic mass is 9.95. The first kappa shape index (κ1) is 101. The number of unbranched alkanes of at least 4 members (excludes halogenated alkanes) is 8. The van der Waals surface area contributed by atoms with Crippen LogP contribution in [-0.2, 0) is 4.74 Å². The molecule has 0 radical (unpaired) electrons. The average Bonchev–Trinajstić information content (AvgIpc) is 0.998. The number of pyridine rings is 1. The molecule has 22 heteroatoms. The zero-order chi connectivity index (χ0) is 90.8. The summed E-state index contributed by atoms with van der Waals surface area (Å²) in [6.07, 6.45) is 31.0. The summed E-state index contributed by atoms with van der Waals surface area (Å²) in [6.45, 7) is 27.0. The van der Waals surface area contributed by atoms with Gasteiger partial charge in [0.25, 0.3) is 0 Å². The monoisotopic (exact) mass is 1740 g/mol. The topological polar surface area (TPSA) is 261 Å². The predicted octanol–water partition coefficient (Wildman–Crippen LogP) is 26.4. The molecular weight excluding hydrogens is 1600 g/mol. The molecule has 0 amide bonds. The lowest BCUT2D eigenvalue weighted by Gasteiger charge is -2.34. The maximum atomic E-state index is 12.0. The van der Waals surface area contributed by atoms with Gasteiger partial charge in [-0.3, -0.25) is 4.98 Å². The SMILES string of the molecule is CCCCN(CCCC)c1cc(C(=O)O)cc(N2CCOCC2)c1Oc1ccccc1.CCCCN(CCCC)c1cc(C(=O)O)cc(NC)c1Oc1ccccc1.CCCCN(CCCC)c1cc(C(=O)O)cc(NC2CCCC2)c1Oc1ccccc1.CCCCN(CCCC)c1cc(C(=O)O)cc(NC2CCCCC2)c1Oc1ccccc1.c1ccncc1. The van der Waals surface area contributed by atoms with Gasteiger partial charge in [0.1, 0.15) is 23.0 Å². The van der Waals surface area contributed by atoms with Crippen molar-refractivity contribution in [3.05, 3.63) is 223 Å². The minimum atomic E-state index is -0.940. The fourth-order valence-electron chi connectivity index (χ4n) is 15.4. The smallest absolute Gasteiger partial charge is 0.335 e. The average molecular weight is 1740 g/mol. The fourth-order valence-corrected chi connectivity index (χ4v) is 15.4. The van der Waals surface area contributed by atoms with E-state index in [0.717, 1.165) is 261 Å². The number of benzene rings is 8. The Bertz CT molecular complexity index is 4570. The Morgan fingerprint density at radius 2 is 0.614 bits per heavy atom. The summed E-state index contributed by atoms with van der Waals surface area (Å²) in [5.74, 6) is 2.17. The van der Waals surface area contributed by atoms with Crippen LogP contribution in [0.4, 0.5) is 45.5 Å². The molecule has 2 heterocycles. The summed E-state index contributed by atoms with van der Waals surface area (Å²) in [4.78, 5) is 62.8. The molecule has 127 heavy (non-hydrogen) atoms. The molecule has 686 valence electrons. The lowest BCUT2D eigenvalue weighted by Crippen LogP contribution is -2.37. The number of hydrogen-bond acceptors (Lipinski definition) is 18. The van der Waals surface area contributed by atoms with Crippen LogP contribution in [0.25, 0.3) is 0 Å². The van der Waals surface area contributed by atoms with E-state index in [9.17, 15) is 39.6 Å². The summed E-state index contributed by atoms with van der Waals surface area (Å²) >= 11 is 0. The zero-order valence-electron chi connectivity index (χ0n) is 77.0. The molecule has 1 aromatic heterocycles. The van der Waals surface area contributed by atoms with Crippen molar-refractivity contribution in [2.75, 3.05) is 126 Å². The third-order valence-corrected chi connectivity index (χ3v) is 22.6. The second-order valence-electron chi connectivity index (χ2n) is 32.6. The number of rotatable bonds is 46. The number of hydrogen-bond donors (Lipinski definition) is 7. The van der Waals surface area contributed by atoms with E-state index >= 15 is 0 Å². The molecule has 0 unspecified atom stereocenters. The first-order valence-corrected chi connectivity index (χ1v) is 46.9. The number of aromatic carboxylic acids is 4. The Balaban J connectivity index is 0.000000205. The van der Waals surface area contributed by atoms with Gasteiger partial charge in [-0.15, -0.1) is 0 Å². The minimum absolute atomic E-state index is 0.257. The molecule has 9 aromatic rings. The Kier molecular flexibility index (Phi) is 45.3. The number of carboxylic acids is 4. The van der Waals surface area contributed by atoms with Crippen LogP contribution in [0.2, 0.25) is 0 Å². The molecule has 12 rings (SSSR count). The Morgan fingerprint density at radius 1 is 0.354 bits per heavy atom. The highest BCUT2D eigenvalue weighted by Crippen LogP contribution is 2.47. The predicted molar refractivity (Wildman–Crippen MR) is 521 cm³/mol. The highest BCUT2D eigenvalue weighted by atomic mass is 16.5. The summed E-state index contributed by atoms with van der Waals surface area (Å²) in [5.41, 5.74) is 7.62. The second-order valence-corrected chi connectivity index (χ2v) is 32.6. The van der Waals surface area contributed by atoms with Gasteiger partial charge >= 0.3 is 23.9 Å². The van der Waals surface area contributed by atoms with Gasteiger partial charge in [-0.1, -0.05) is 218 Å². The maximum absolute atomic E-state index is 12.0. The number of para-hydroxylation sites is 4. The highest BCUT2D eigenvalue weighted by molar-refractivity contribution is 5.96. The number of ether oxygens (including phenoxy) is 5. The van der Waals surface area contributed by atoms with Crippen LogP contribution in [0.1, 0.15) is 257 Å². The van der Waals surface area contributed by atoms with Gasteiger partial charge in [0, 0.05) is 97.0 Å².